The van der Waals surface area contributed by atoms with Gasteiger partial charge in [-0.15, -0.1) is 24.0 Å². The maximum atomic E-state index is 6.12. The molecular formula is C21H40IN3O2. The monoisotopic (exact) mass is 493 g/mol. The molecule has 0 amide bonds. The summed E-state index contributed by atoms with van der Waals surface area (Å²) in [6.07, 6.45) is 8.15. The molecule has 3 rings (SSSR count). The first-order chi connectivity index (χ1) is 12.4. The molecule has 1 heterocycles. The van der Waals surface area contributed by atoms with Crippen LogP contribution in [-0.4, -0.2) is 51.0 Å². The summed E-state index contributed by atoms with van der Waals surface area (Å²) in [6.45, 7) is 11.6. The van der Waals surface area contributed by atoms with E-state index in [0.29, 0.717) is 29.6 Å². The standard InChI is InChI=1S/C21H39N3O2.HI/c1-6-25-17-13-16(21(17)10-8-11-21)24-19(22-5)23-14-15-9-7-12-26-18(15)20(2,3)4;/h15-18H,6-14H2,1-5H3,(H2,22,23,24);1H. The Bertz CT molecular complexity index is 502. The van der Waals surface area contributed by atoms with Gasteiger partial charge in [-0.3, -0.25) is 4.99 Å². The third-order valence-electron chi connectivity index (χ3n) is 6.80. The number of rotatable bonds is 5. The Morgan fingerprint density at radius 2 is 2.00 bits per heavy atom. The van der Waals surface area contributed by atoms with Gasteiger partial charge in [-0.1, -0.05) is 27.2 Å². The fraction of sp³-hybridized carbons (Fsp3) is 0.952. The Labute approximate surface area is 182 Å². The fourth-order valence-corrected chi connectivity index (χ4v) is 5.24. The molecule has 0 bridgehead atoms. The minimum atomic E-state index is 0. The maximum Gasteiger partial charge on any atom is 0.191 e. The number of hydrogen-bond donors (Lipinski definition) is 2. The highest BCUT2D eigenvalue weighted by molar-refractivity contribution is 14.0. The van der Waals surface area contributed by atoms with Gasteiger partial charge in [0.15, 0.2) is 5.96 Å². The topological polar surface area (TPSA) is 54.9 Å². The maximum absolute atomic E-state index is 6.12. The van der Waals surface area contributed by atoms with E-state index in [0.717, 1.165) is 38.6 Å². The van der Waals surface area contributed by atoms with Gasteiger partial charge in [-0.25, -0.2) is 0 Å². The predicted molar refractivity (Wildman–Crippen MR) is 122 cm³/mol. The van der Waals surface area contributed by atoms with E-state index in [9.17, 15) is 0 Å². The van der Waals surface area contributed by atoms with E-state index in [1.165, 1.54) is 25.7 Å². The van der Waals surface area contributed by atoms with Crippen LogP contribution in [0.25, 0.3) is 0 Å². The first-order valence-corrected chi connectivity index (χ1v) is 10.6. The van der Waals surface area contributed by atoms with Crippen LogP contribution in [0.15, 0.2) is 4.99 Å². The summed E-state index contributed by atoms with van der Waals surface area (Å²) in [5, 5.41) is 7.29. The first kappa shape index (κ1) is 23.2. The van der Waals surface area contributed by atoms with Crippen LogP contribution in [0.5, 0.6) is 0 Å². The average Bonchev–Trinajstić information content (AvgIpc) is 2.54. The molecule has 0 aromatic rings. The van der Waals surface area contributed by atoms with Gasteiger partial charge < -0.3 is 20.1 Å². The molecule has 0 aromatic carbocycles. The Kier molecular flexibility index (Phi) is 8.26. The van der Waals surface area contributed by atoms with Crippen molar-refractivity contribution in [3.05, 3.63) is 0 Å². The summed E-state index contributed by atoms with van der Waals surface area (Å²) in [6, 6.07) is 0.500. The minimum Gasteiger partial charge on any atom is -0.378 e. The zero-order valence-electron chi connectivity index (χ0n) is 17.8. The van der Waals surface area contributed by atoms with Crippen LogP contribution in [0.4, 0.5) is 0 Å². The Morgan fingerprint density at radius 3 is 2.56 bits per heavy atom. The lowest BCUT2D eigenvalue weighted by Crippen LogP contribution is -2.68. The lowest BCUT2D eigenvalue weighted by atomic mass is 9.51. The van der Waals surface area contributed by atoms with E-state index in [1.807, 2.05) is 7.05 Å². The average molecular weight is 493 g/mol. The quantitative estimate of drug-likeness (QED) is 0.346. The SMILES string of the molecule is CCOC1CC(NC(=NC)NCC2CCCOC2C(C)(C)C)C12CCC2.I. The van der Waals surface area contributed by atoms with E-state index in [4.69, 9.17) is 9.47 Å². The van der Waals surface area contributed by atoms with Crippen LogP contribution < -0.4 is 10.6 Å². The smallest absolute Gasteiger partial charge is 0.191 e. The summed E-state index contributed by atoms with van der Waals surface area (Å²) in [7, 11) is 1.88. The molecule has 4 unspecified atom stereocenters. The highest BCUT2D eigenvalue weighted by atomic mass is 127. The van der Waals surface area contributed by atoms with Gasteiger partial charge in [-0.05, 0) is 44.4 Å². The number of guanidine groups is 1. The van der Waals surface area contributed by atoms with E-state index in [-0.39, 0.29) is 29.4 Å². The molecule has 6 heteroatoms. The summed E-state index contributed by atoms with van der Waals surface area (Å²) in [4.78, 5) is 4.49. The van der Waals surface area contributed by atoms with Crippen LogP contribution in [0.1, 0.15) is 66.2 Å². The highest BCUT2D eigenvalue weighted by Crippen LogP contribution is 2.57. The molecule has 158 valence electrons. The lowest BCUT2D eigenvalue weighted by Gasteiger charge is -2.61. The van der Waals surface area contributed by atoms with Crippen LogP contribution in [0.2, 0.25) is 0 Å². The zero-order chi connectivity index (χ0) is 18.8. The summed E-state index contributed by atoms with van der Waals surface area (Å²) >= 11 is 0. The second-order valence-corrected chi connectivity index (χ2v) is 9.48. The van der Waals surface area contributed by atoms with Gasteiger partial charge in [0.1, 0.15) is 0 Å². The molecule has 0 radical (unpaired) electrons. The molecule has 1 spiro atoms. The first-order valence-electron chi connectivity index (χ1n) is 10.6. The van der Waals surface area contributed by atoms with Crippen molar-refractivity contribution >= 4 is 29.9 Å². The lowest BCUT2D eigenvalue weighted by molar-refractivity contribution is -0.168. The summed E-state index contributed by atoms with van der Waals surface area (Å²) in [5.41, 5.74) is 0.536. The van der Waals surface area contributed by atoms with Gasteiger partial charge in [0.25, 0.3) is 0 Å². The third kappa shape index (κ3) is 4.92. The largest absolute Gasteiger partial charge is 0.378 e. The van der Waals surface area contributed by atoms with Crippen molar-refractivity contribution in [2.45, 2.75) is 84.5 Å². The highest BCUT2D eigenvalue weighted by Gasteiger charge is 2.59. The van der Waals surface area contributed by atoms with E-state index in [1.54, 1.807) is 0 Å². The molecule has 3 fully saturated rings. The molecule has 2 N–H and O–H groups in total. The molecule has 2 saturated carbocycles. The van der Waals surface area contributed by atoms with Crippen molar-refractivity contribution in [2.24, 2.45) is 21.7 Å². The Hall–Kier alpha value is -0.0800. The predicted octanol–water partition coefficient (Wildman–Crippen LogP) is 3.96. The molecule has 3 aliphatic rings. The second kappa shape index (κ2) is 9.61. The van der Waals surface area contributed by atoms with Gasteiger partial charge in [0, 0.05) is 44.2 Å². The van der Waals surface area contributed by atoms with Crippen LogP contribution in [0, 0.1) is 16.7 Å². The van der Waals surface area contributed by atoms with Crippen molar-refractivity contribution in [3.8, 4) is 0 Å². The molecule has 0 aromatic heterocycles. The van der Waals surface area contributed by atoms with Gasteiger partial charge in [0.2, 0.25) is 0 Å². The van der Waals surface area contributed by atoms with Crippen LogP contribution in [0.3, 0.4) is 0 Å². The number of ether oxygens (including phenoxy) is 2. The summed E-state index contributed by atoms with van der Waals surface area (Å²) in [5.74, 6) is 1.48. The molecule has 5 nitrogen and oxygen atoms in total. The second-order valence-electron chi connectivity index (χ2n) is 9.48. The van der Waals surface area contributed by atoms with Crippen molar-refractivity contribution in [3.63, 3.8) is 0 Å². The van der Waals surface area contributed by atoms with E-state index >= 15 is 0 Å². The van der Waals surface area contributed by atoms with Gasteiger partial charge >= 0.3 is 0 Å². The van der Waals surface area contributed by atoms with Crippen molar-refractivity contribution in [2.75, 3.05) is 26.8 Å². The van der Waals surface area contributed by atoms with Gasteiger partial charge in [0.05, 0.1) is 12.2 Å². The van der Waals surface area contributed by atoms with E-state index < -0.39 is 0 Å². The number of halogens is 1. The van der Waals surface area contributed by atoms with Crippen LogP contribution >= 0.6 is 24.0 Å². The minimum absolute atomic E-state index is 0. The van der Waals surface area contributed by atoms with Crippen molar-refractivity contribution in [1.82, 2.24) is 10.6 Å². The number of nitrogens with zero attached hydrogens (tertiary/aromatic N) is 1. The van der Waals surface area contributed by atoms with Crippen LogP contribution in [-0.2, 0) is 9.47 Å². The van der Waals surface area contributed by atoms with Gasteiger partial charge in [-0.2, -0.15) is 0 Å². The molecule has 1 saturated heterocycles. The van der Waals surface area contributed by atoms with Crippen molar-refractivity contribution < 1.29 is 9.47 Å². The summed E-state index contributed by atoms with van der Waals surface area (Å²) < 4.78 is 12.1. The molecule has 1 aliphatic heterocycles. The number of hydrogen-bond acceptors (Lipinski definition) is 3. The molecule has 2 aliphatic carbocycles. The Balaban J connectivity index is 0.00000261. The normalized spacial score (nSPS) is 32.9. The zero-order valence-corrected chi connectivity index (χ0v) is 20.2. The van der Waals surface area contributed by atoms with Crippen molar-refractivity contribution in [1.29, 1.82) is 0 Å². The molecule has 27 heavy (non-hydrogen) atoms. The fourth-order valence-electron chi connectivity index (χ4n) is 5.24. The Morgan fingerprint density at radius 1 is 1.26 bits per heavy atom. The number of nitrogens with one attached hydrogen (secondary N) is 2. The van der Waals surface area contributed by atoms with E-state index in [2.05, 4.69) is 43.3 Å². The molecular weight excluding hydrogens is 453 g/mol. The molecule has 4 atom stereocenters. The third-order valence-corrected chi connectivity index (χ3v) is 6.80. The number of aliphatic imine (C=N–C) groups is 1.